The third-order valence-electron chi connectivity index (χ3n) is 5.05. The van der Waals surface area contributed by atoms with E-state index in [4.69, 9.17) is 4.74 Å². The number of amides is 3. The zero-order valence-corrected chi connectivity index (χ0v) is 17.4. The number of hydrogen-bond donors (Lipinski definition) is 1. The molecule has 0 aliphatic carbocycles. The van der Waals surface area contributed by atoms with Crippen molar-refractivity contribution < 1.29 is 19.1 Å². The van der Waals surface area contributed by atoms with Crippen LogP contribution in [0.5, 0.6) is 5.75 Å². The zero-order valence-electron chi connectivity index (χ0n) is 17.4. The summed E-state index contributed by atoms with van der Waals surface area (Å²) in [7, 11) is 0. The van der Waals surface area contributed by atoms with Crippen LogP contribution in [0.4, 0.5) is 5.69 Å². The largest absolute Gasteiger partial charge is 0.483 e. The molecular formula is C23H27N3O4. The number of para-hydroxylation sites is 1. The van der Waals surface area contributed by atoms with E-state index in [-0.39, 0.29) is 24.3 Å². The van der Waals surface area contributed by atoms with E-state index in [9.17, 15) is 14.4 Å². The van der Waals surface area contributed by atoms with Gasteiger partial charge in [-0.05, 0) is 36.2 Å². The molecule has 1 aliphatic rings. The van der Waals surface area contributed by atoms with Crippen LogP contribution in [0, 0.1) is 0 Å². The van der Waals surface area contributed by atoms with Gasteiger partial charge in [0.15, 0.2) is 6.61 Å². The predicted octanol–water partition coefficient (Wildman–Crippen LogP) is 2.57. The van der Waals surface area contributed by atoms with Crippen LogP contribution in [0.3, 0.4) is 0 Å². The Bertz CT molecular complexity index is 920. The van der Waals surface area contributed by atoms with Crippen LogP contribution in [0.2, 0.25) is 0 Å². The standard InChI is InChI=1S/C23H27N3O4/c1-3-18-7-4-5-10-21(18)30-16-22(28)25-11-13-26(14-12-25)23(29)19-8-6-9-20(15-19)24-17(2)27/h4-10,15H,3,11-14,16H2,1-2H3,(H,24,27). The van der Waals surface area contributed by atoms with Crippen molar-refractivity contribution in [2.24, 2.45) is 0 Å². The van der Waals surface area contributed by atoms with Gasteiger partial charge in [0.2, 0.25) is 5.91 Å². The average molecular weight is 409 g/mol. The number of anilines is 1. The number of ether oxygens (including phenoxy) is 1. The fourth-order valence-corrected chi connectivity index (χ4v) is 3.44. The molecule has 158 valence electrons. The fraction of sp³-hybridized carbons (Fsp3) is 0.348. The molecule has 0 atom stereocenters. The number of benzene rings is 2. The van der Waals surface area contributed by atoms with Gasteiger partial charge in [-0.2, -0.15) is 0 Å². The van der Waals surface area contributed by atoms with Crippen molar-refractivity contribution in [3.05, 3.63) is 59.7 Å². The van der Waals surface area contributed by atoms with E-state index in [0.717, 1.165) is 17.7 Å². The van der Waals surface area contributed by atoms with Gasteiger partial charge in [0.25, 0.3) is 11.8 Å². The van der Waals surface area contributed by atoms with Crippen molar-refractivity contribution in [2.45, 2.75) is 20.3 Å². The Morgan fingerprint density at radius 1 is 0.967 bits per heavy atom. The van der Waals surface area contributed by atoms with Crippen LogP contribution in [-0.4, -0.2) is 60.3 Å². The number of rotatable bonds is 6. The van der Waals surface area contributed by atoms with E-state index >= 15 is 0 Å². The Morgan fingerprint density at radius 3 is 2.37 bits per heavy atom. The van der Waals surface area contributed by atoms with Crippen molar-refractivity contribution in [2.75, 3.05) is 38.1 Å². The lowest BCUT2D eigenvalue weighted by atomic mass is 10.1. The Labute approximate surface area is 176 Å². The second kappa shape index (κ2) is 9.91. The molecule has 1 saturated heterocycles. The monoisotopic (exact) mass is 409 g/mol. The zero-order chi connectivity index (χ0) is 21.5. The Morgan fingerprint density at radius 2 is 1.67 bits per heavy atom. The van der Waals surface area contributed by atoms with Crippen LogP contribution in [0.1, 0.15) is 29.8 Å². The maximum absolute atomic E-state index is 12.8. The van der Waals surface area contributed by atoms with Crippen molar-refractivity contribution in [1.82, 2.24) is 9.80 Å². The van der Waals surface area contributed by atoms with Gasteiger partial charge in [-0.15, -0.1) is 0 Å². The molecular weight excluding hydrogens is 382 g/mol. The molecule has 2 aromatic carbocycles. The van der Waals surface area contributed by atoms with Gasteiger partial charge in [-0.3, -0.25) is 14.4 Å². The number of carbonyl (C=O) groups is 3. The summed E-state index contributed by atoms with van der Waals surface area (Å²) in [5.41, 5.74) is 2.18. The van der Waals surface area contributed by atoms with Gasteiger partial charge in [0.05, 0.1) is 0 Å². The van der Waals surface area contributed by atoms with Crippen molar-refractivity contribution in [3.63, 3.8) is 0 Å². The van der Waals surface area contributed by atoms with Crippen molar-refractivity contribution in [3.8, 4) is 5.75 Å². The highest BCUT2D eigenvalue weighted by Crippen LogP contribution is 2.19. The summed E-state index contributed by atoms with van der Waals surface area (Å²) >= 11 is 0. The smallest absolute Gasteiger partial charge is 0.260 e. The first-order valence-corrected chi connectivity index (χ1v) is 10.1. The predicted molar refractivity (Wildman–Crippen MR) is 115 cm³/mol. The topological polar surface area (TPSA) is 79.0 Å². The molecule has 0 radical (unpaired) electrons. The molecule has 3 rings (SSSR count). The summed E-state index contributed by atoms with van der Waals surface area (Å²) in [4.78, 5) is 40.0. The second-order valence-electron chi connectivity index (χ2n) is 7.18. The molecule has 7 heteroatoms. The van der Waals surface area contributed by atoms with E-state index < -0.39 is 0 Å². The summed E-state index contributed by atoms with van der Waals surface area (Å²) in [6.07, 6.45) is 0.842. The molecule has 0 saturated carbocycles. The van der Waals surface area contributed by atoms with E-state index in [1.807, 2.05) is 31.2 Å². The minimum absolute atomic E-state index is 0.0102. The minimum atomic E-state index is -0.185. The molecule has 0 aromatic heterocycles. The Kier molecular flexibility index (Phi) is 7.06. The molecule has 0 bridgehead atoms. The normalized spacial score (nSPS) is 13.7. The highest BCUT2D eigenvalue weighted by Gasteiger charge is 2.25. The minimum Gasteiger partial charge on any atom is -0.483 e. The summed E-state index contributed by atoms with van der Waals surface area (Å²) in [5.74, 6) is 0.361. The van der Waals surface area contributed by atoms with Crippen LogP contribution >= 0.6 is 0 Å². The Balaban J connectivity index is 1.52. The van der Waals surface area contributed by atoms with E-state index in [0.29, 0.717) is 37.4 Å². The van der Waals surface area contributed by atoms with Gasteiger partial charge in [-0.25, -0.2) is 0 Å². The third-order valence-corrected chi connectivity index (χ3v) is 5.05. The lowest BCUT2D eigenvalue weighted by molar-refractivity contribution is -0.134. The van der Waals surface area contributed by atoms with Crippen LogP contribution in [0.15, 0.2) is 48.5 Å². The molecule has 1 heterocycles. The maximum Gasteiger partial charge on any atom is 0.260 e. The van der Waals surface area contributed by atoms with Crippen molar-refractivity contribution in [1.29, 1.82) is 0 Å². The van der Waals surface area contributed by atoms with Crippen LogP contribution < -0.4 is 10.1 Å². The van der Waals surface area contributed by atoms with Crippen molar-refractivity contribution >= 4 is 23.4 Å². The first-order valence-electron chi connectivity index (χ1n) is 10.1. The number of nitrogens with one attached hydrogen (secondary N) is 1. The SMILES string of the molecule is CCc1ccccc1OCC(=O)N1CCN(C(=O)c2cccc(NC(C)=O)c2)CC1. The number of aryl methyl sites for hydroxylation is 1. The molecule has 1 aliphatic heterocycles. The van der Waals surface area contributed by atoms with Crippen LogP contribution in [-0.2, 0) is 16.0 Å². The lowest BCUT2D eigenvalue weighted by Crippen LogP contribution is -2.51. The molecule has 0 unspecified atom stereocenters. The van der Waals surface area contributed by atoms with E-state index in [1.165, 1.54) is 6.92 Å². The summed E-state index contributed by atoms with van der Waals surface area (Å²) in [5, 5.41) is 2.68. The number of piperazine rings is 1. The van der Waals surface area contributed by atoms with E-state index in [2.05, 4.69) is 5.32 Å². The molecule has 1 fully saturated rings. The second-order valence-corrected chi connectivity index (χ2v) is 7.18. The number of carbonyl (C=O) groups excluding carboxylic acids is 3. The fourth-order valence-electron chi connectivity index (χ4n) is 3.44. The van der Waals surface area contributed by atoms with Crippen LogP contribution in [0.25, 0.3) is 0 Å². The van der Waals surface area contributed by atoms with Gasteiger partial charge >= 0.3 is 0 Å². The van der Waals surface area contributed by atoms with Gasteiger partial charge in [0.1, 0.15) is 5.75 Å². The molecule has 2 aromatic rings. The first kappa shape index (κ1) is 21.4. The lowest BCUT2D eigenvalue weighted by Gasteiger charge is -2.34. The number of hydrogen-bond acceptors (Lipinski definition) is 4. The van der Waals surface area contributed by atoms with Gasteiger partial charge in [0, 0.05) is 44.4 Å². The summed E-state index contributed by atoms with van der Waals surface area (Å²) < 4.78 is 5.73. The molecule has 0 spiro atoms. The molecule has 3 amide bonds. The third kappa shape index (κ3) is 5.37. The van der Waals surface area contributed by atoms with E-state index in [1.54, 1.807) is 34.1 Å². The number of nitrogens with zero attached hydrogens (tertiary/aromatic N) is 2. The first-order chi connectivity index (χ1) is 14.5. The molecule has 7 nitrogen and oxygen atoms in total. The highest BCUT2D eigenvalue weighted by molar-refractivity contribution is 5.97. The Hall–Kier alpha value is -3.35. The maximum atomic E-state index is 12.8. The highest BCUT2D eigenvalue weighted by atomic mass is 16.5. The quantitative estimate of drug-likeness (QED) is 0.795. The molecule has 1 N–H and O–H groups in total. The van der Waals surface area contributed by atoms with Gasteiger partial charge in [-0.1, -0.05) is 31.2 Å². The molecule has 30 heavy (non-hydrogen) atoms. The van der Waals surface area contributed by atoms with Gasteiger partial charge < -0.3 is 19.9 Å². The summed E-state index contributed by atoms with van der Waals surface area (Å²) in [6, 6.07) is 14.6. The average Bonchev–Trinajstić information content (AvgIpc) is 2.77. The summed E-state index contributed by atoms with van der Waals surface area (Å²) in [6.45, 7) is 5.32.